The molecule has 10 nitrogen and oxygen atoms in total. The first-order valence-electron chi connectivity index (χ1n) is 22.5. The standard InChI is InChI=1S/C26H38O6.C22H28ClFO4/c1-4-5-6-22(31)32-26(21(30)15-27)12-10-19-18-8-7-16-13-17(28)9-11-24(16,2)23(18)20(29)14-25(19,26)3;1-11-6-13-14-8-16(24)15-7-12(26)4-5-21(15,3)22(14,23)18(28)9-20(13,2)19(11)17(27)10-25/h13,18-20,23,27,29H,4-12,14-15H2,1-3H3;4-5,7,11,13-14,16,18-19,25,28H,6,8-10H2,1-3H3/t18-,19-,20-,23+,24-,25-,26-;11-,13+,14+,16+,18+,19-,20+,21+,22+/m01/s1. The van der Waals surface area contributed by atoms with E-state index in [1.54, 1.807) is 6.08 Å². The van der Waals surface area contributed by atoms with E-state index in [9.17, 15) is 44.4 Å². The summed E-state index contributed by atoms with van der Waals surface area (Å²) < 4.78 is 21.3. The highest BCUT2D eigenvalue weighted by atomic mass is 35.5. The molecule has 8 rings (SSSR count). The Hall–Kier alpha value is -2.57. The summed E-state index contributed by atoms with van der Waals surface area (Å²) in [5.41, 5.74) is -2.27. The summed E-state index contributed by atoms with van der Waals surface area (Å²) in [7, 11) is 0. The van der Waals surface area contributed by atoms with E-state index in [1.165, 1.54) is 17.7 Å². The van der Waals surface area contributed by atoms with E-state index >= 15 is 4.39 Å². The van der Waals surface area contributed by atoms with Crippen LogP contribution >= 0.6 is 11.6 Å². The predicted octanol–water partition coefficient (Wildman–Crippen LogP) is 6.52. The Balaban J connectivity index is 0.000000183. The number of halogens is 2. The van der Waals surface area contributed by atoms with Crippen LogP contribution in [0.4, 0.5) is 4.39 Å². The largest absolute Gasteiger partial charge is 0.450 e. The van der Waals surface area contributed by atoms with Crippen LogP contribution in [0.15, 0.2) is 35.5 Å². The Labute approximate surface area is 358 Å². The van der Waals surface area contributed by atoms with Gasteiger partial charge in [-0.2, -0.15) is 0 Å². The Morgan fingerprint density at radius 3 is 2.32 bits per heavy atom. The number of aliphatic hydroxyl groups is 4. The molecule has 0 amide bonds. The van der Waals surface area contributed by atoms with Crippen LogP contribution in [0, 0.1) is 63.1 Å². The molecule has 0 aromatic heterocycles. The fourth-order valence-corrected chi connectivity index (χ4v) is 15.9. The van der Waals surface area contributed by atoms with Crippen LogP contribution in [0.2, 0.25) is 0 Å². The molecule has 8 aliphatic carbocycles. The third kappa shape index (κ3) is 6.46. The molecule has 60 heavy (non-hydrogen) atoms. The minimum atomic E-state index is -1.37. The molecule has 0 bridgehead atoms. The number of hydrogen-bond acceptors (Lipinski definition) is 10. The average molecular weight is 857 g/mol. The van der Waals surface area contributed by atoms with Gasteiger partial charge in [-0.05, 0) is 134 Å². The lowest BCUT2D eigenvalue weighted by Gasteiger charge is -2.63. The van der Waals surface area contributed by atoms with Crippen LogP contribution in [0.5, 0.6) is 0 Å². The number of esters is 1. The predicted molar refractivity (Wildman–Crippen MR) is 222 cm³/mol. The van der Waals surface area contributed by atoms with E-state index in [-0.39, 0.29) is 77.0 Å². The molecule has 0 aliphatic heterocycles. The molecule has 4 N–H and O–H groups in total. The molecule has 12 heteroatoms. The molecule has 0 radical (unpaired) electrons. The van der Waals surface area contributed by atoms with Crippen molar-refractivity contribution in [3.05, 3.63) is 35.5 Å². The molecular formula is C48H66ClFO10. The van der Waals surface area contributed by atoms with Crippen LogP contribution in [0.25, 0.3) is 0 Å². The number of alkyl halides is 2. The number of aliphatic hydroxyl groups excluding tert-OH is 4. The summed E-state index contributed by atoms with van der Waals surface area (Å²) >= 11 is 7.24. The molecule has 8 aliphatic rings. The maximum atomic E-state index is 15.3. The highest BCUT2D eigenvalue weighted by Gasteiger charge is 2.73. The van der Waals surface area contributed by atoms with Crippen LogP contribution in [0.3, 0.4) is 0 Å². The molecular weight excluding hydrogens is 791 g/mol. The highest BCUT2D eigenvalue weighted by molar-refractivity contribution is 6.26. The lowest BCUT2D eigenvalue weighted by atomic mass is 9.45. The van der Waals surface area contributed by atoms with Gasteiger partial charge < -0.3 is 25.2 Å². The Morgan fingerprint density at radius 2 is 1.65 bits per heavy atom. The van der Waals surface area contributed by atoms with Crippen molar-refractivity contribution in [2.75, 3.05) is 13.2 Å². The van der Waals surface area contributed by atoms with Crippen molar-refractivity contribution in [2.24, 2.45) is 63.1 Å². The van der Waals surface area contributed by atoms with Gasteiger partial charge in [-0.1, -0.05) is 59.6 Å². The quantitative estimate of drug-likeness (QED) is 0.155. The van der Waals surface area contributed by atoms with Crippen molar-refractivity contribution >= 4 is 40.7 Å². The molecule has 16 atom stereocenters. The summed E-state index contributed by atoms with van der Waals surface area (Å²) in [4.78, 5) is 61.1. The van der Waals surface area contributed by atoms with E-state index in [2.05, 4.69) is 6.92 Å². The minimum Gasteiger partial charge on any atom is -0.450 e. The van der Waals surface area contributed by atoms with Crippen LogP contribution < -0.4 is 0 Å². The first-order valence-corrected chi connectivity index (χ1v) is 22.9. The number of carbonyl (C=O) groups excluding carboxylic acids is 5. The highest BCUT2D eigenvalue weighted by Crippen LogP contribution is 2.71. The van der Waals surface area contributed by atoms with Crippen molar-refractivity contribution in [3.8, 4) is 0 Å². The molecule has 0 aromatic rings. The van der Waals surface area contributed by atoms with Crippen molar-refractivity contribution in [3.63, 3.8) is 0 Å². The molecule has 0 saturated heterocycles. The molecule has 0 spiro atoms. The number of rotatable bonds is 8. The molecule has 0 aromatic carbocycles. The summed E-state index contributed by atoms with van der Waals surface area (Å²) in [5, 5.41) is 42.2. The van der Waals surface area contributed by atoms with Gasteiger partial charge in [0.25, 0.3) is 0 Å². The van der Waals surface area contributed by atoms with Gasteiger partial charge in [0, 0.05) is 29.6 Å². The lowest BCUT2D eigenvalue weighted by Crippen LogP contribution is -2.67. The zero-order chi connectivity index (χ0) is 44.0. The van der Waals surface area contributed by atoms with Crippen molar-refractivity contribution in [1.29, 1.82) is 0 Å². The van der Waals surface area contributed by atoms with E-state index in [4.69, 9.17) is 16.3 Å². The number of hydrogen-bond donors (Lipinski definition) is 4. The monoisotopic (exact) mass is 856 g/mol. The number of fused-ring (bicyclic) bond motifs is 10. The maximum Gasteiger partial charge on any atom is 0.306 e. The van der Waals surface area contributed by atoms with E-state index in [0.29, 0.717) is 44.1 Å². The number of ether oxygens (including phenoxy) is 1. The zero-order valence-electron chi connectivity index (χ0n) is 36.2. The number of Topliss-reactive ketones (excluding diaryl/α,β-unsaturated/α-hetero) is 2. The summed E-state index contributed by atoms with van der Waals surface area (Å²) in [6, 6.07) is 0. The van der Waals surface area contributed by atoms with Crippen molar-refractivity contribution in [2.45, 2.75) is 154 Å². The maximum absolute atomic E-state index is 15.3. The summed E-state index contributed by atoms with van der Waals surface area (Å²) in [5.74, 6) is -1.48. The van der Waals surface area contributed by atoms with Crippen LogP contribution in [-0.2, 0) is 28.7 Å². The fourth-order valence-electron chi connectivity index (χ4n) is 15.4. The second kappa shape index (κ2) is 15.9. The normalized spacial score (nSPS) is 47.5. The van der Waals surface area contributed by atoms with E-state index in [1.807, 2.05) is 40.7 Å². The van der Waals surface area contributed by atoms with Gasteiger partial charge in [0.2, 0.25) is 5.78 Å². The van der Waals surface area contributed by atoms with Crippen molar-refractivity contribution < 1.29 is 53.5 Å². The minimum absolute atomic E-state index is 0.0319. The smallest absolute Gasteiger partial charge is 0.306 e. The van der Waals surface area contributed by atoms with Gasteiger partial charge >= 0.3 is 5.97 Å². The van der Waals surface area contributed by atoms with E-state index < -0.39 is 70.1 Å². The van der Waals surface area contributed by atoms with Gasteiger partial charge in [0.1, 0.15) is 19.4 Å². The molecule has 0 heterocycles. The number of allylic oxidation sites excluding steroid dienone is 5. The topological polar surface area (TPSA) is 176 Å². The molecule has 6 saturated carbocycles. The second-order valence-electron chi connectivity index (χ2n) is 20.9. The van der Waals surface area contributed by atoms with Gasteiger partial charge in [-0.15, -0.1) is 11.6 Å². The van der Waals surface area contributed by atoms with Gasteiger partial charge in [-0.25, -0.2) is 4.39 Å². The number of carbonyl (C=O) groups is 5. The summed E-state index contributed by atoms with van der Waals surface area (Å²) in [6.45, 7) is 10.8. The van der Waals surface area contributed by atoms with Crippen LogP contribution in [-0.4, -0.2) is 91.6 Å². The van der Waals surface area contributed by atoms with Gasteiger partial charge in [-0.3, -0.25) is 24.0 Å². The molecule has 6 fully saturated rings. The van der Waals surface area contributed by atoms with E-state index in [0.717, 1.165) is 32.1 Å². The fraction of sp³-hybridized carbons (Fsp3) is 0.771. The molecule has 0 unspecified atom stereocenters. The van der Waals surface area contributed by atoms with Gasteiger partial charge in [0.05, 0.1) is 17.1 Å². The molecule has 332 valence electrons. The number of unbranched alkanes of at least 4 members (excludes halogenated alkanes) is 1. The third-order valence-corrected chi connectivity index (χ3v) is 19.0. The summed E-state index contributed by atoms with van der Waals surface area (Å²) in [6.07, 6.45) is 10.7. The van der Waals surface area contributed by atoms with Gasteiger partial charge in [0.15, 0.2) is 23.0 Å². The van der Waals surface area contributed by atoms with Crippen LogP contribution in [0.1, 0.15) is 125 Å². The first-order chi connectivity index (χ1) is 28.1. The SMILES string of the molecule is CCCCC(=O)O[C@]1(C(=O)CO)CC[C@H]2[C@@H]3CCC4=CC(=O)CC[C@]4(C)[C@H]3[C@@H](O)C[C@@]21C.C[C@@H]1C[C@H]2[C@@H]3C[C@H](F)C4=CC(=O)C=C[C@]4(C)[C@@]3(Cl)[C@@H](O)C[C@]2(C)[C@H]1C(=O)CO. The lowest BCUT2D eigenvalue weighted by molar-refractivity contribution is -0.202. The average Bonchev–Trinajstić information content (AvgIpc) is 3.64. The van der Waals surface area contributed by atoms with Crippen molar-refractivity contribution in [1.82, 2.24) is 0 Å². The number of ketones is 4. The second-order valence-corrected chi connectivity index (χ2v) is 21.5. The Morgan fingerprint density at radius 1 is 0.933 bits per heavy atom. The third-order valence-electron chi connectivity index (χ3n) is 18.1. The first kappa shape index (κ1) is 45.5. The zero-order valence-corrected chi connectivity index (χ0v) is 36.9. The Bertz CT molecular complexity index is 1890. The Kier molecular flexibility index (Phi) is 12.0.